The summed E-state index contributed by atoms with van der Waals surface area (Å²) < 4.78 is 5.49. The van der Waals surface area contributed by atoms with Crippen molar-refractivity contribution in [2.45, 2.75) is 392 Å². The fourth-order valence-electron chi connectivity index (χ4n) is 10.8. The van der Waals surface area contributed by atoms with E-state index in [4.69, 9.17) is 4.74 Å². The number of allylic oxidation sites excluding steroid dienone is 4. The Morgan fingerprint density at radius 2 is 0.684 bits per heavy atom. The lowest BCUT2D eigenvalue weighted by Gasteiger charge is -2.26. The molecule has 0 radical (unpaired) electrons. The Morgan fingerprint density at radius 1 is 0.382 bits per heavy atom. The summed E-state index contributed by atoms with van der Waals surface area (Å²) in [5.74, 6) is -0.139. The number of amides is 1. The molecule has 3 atom stereocenters. The minimum absolute atomic E-state index is 0.00390. The van der Waals surface area contributed by atoms with Crippen LogP contribution < -0.4 is 5.32 Å². The SMILES string of the molecule is CCCCC/C=C\C/C=C\CCCCCCCC(=O)OCCCCCCCCCCCCCCCCCCCCCCCCCCCCCCCCC(=O)N[C@@H](CO)[C@H](O)[C@H](O)CCCCCCCCCCCCCC. The van der Waals surface area contributed by atoms with Crippen LogP contribution in [0, 0.1) is 0 Å². The van der Waals surface area contributed by atoms with Gasteiger partial charge in [0, 0.05) is 12.8 Å². The van der Waals surface area contributed by atoms with E-state index in [2.05, 4.69) is 43.5 Å². The summed E-state index contributed by atoms with van der Waals surface area (Å²) in [7, 11) is 0. The van der Waals surface area contributed by atoms with Crippen LogP contribution in [0.15, 0.2) is 24.3 Å². The highest BCUT2D eigenvalue weighted by atomic mass is 16.5. The molecule has 0 aromatic rings. The monoisotopic (exact) mass is 1070 g/mol. The molecule has 0 aliphatic carbocycles. The third kappa shape index (κ3) is 58.4. The van der Waals surface area contributed by atoms with E-state index in [1.807, 2.05) is 0 Å². The number of carbonyl (C=O) groups is 2. The number of hydrogen-bond acceptors (Lipinski definition) is 6. The smallest absolute Gasteiger partial charge is 0.305 e. The number of nitrogens with one attached hydrogen (secondary N) is 1. The summed E-state index contributed by atoms with van der Waals surface area (Å²) in [4.78, 5) is 24.6. The van der Waals surface area contributed by atoms with Gasteiger partial charge < -0.3 is 25.4 Å². The lowest BCUT2D eigenvalue weighted by atomic mass is 9.99. The van der Waals surface area contributed by atoms with E-state index in [-0.39, 0.29) is 18.5 Å². The van der Waals surface area contributed by atoms with Crippen LogP contribution >= 0.6 is 0 Å². The molecular formula is C69H133NO6. The van der Waals surface area contributed by atoms with Crippen LogP contribution in [0.1, 0.15) is 373 Å². The lowest BCUT2D eigenvalue weighted by Crippen LogP contribution is -2.50. The van der Waals surface area contributed by atoms with E-state index >= 15 is 0 Å². The average Bonchev–Trinajstić information content (AvgIpc) is 3.42. The molecule has 450 valence electrons. The standard InChI is InChI=1S/C69H133NO6/c1-3-5-7-9-11-13-15-17-34-38-42-46-50-54-58-62-68(74)76-63-59-55-51-47-43-39-36-33-31-29-27-25-23-21-19-18-20-22-24-26-28-30-32-35-37-41-45-49-53-57-61-67(73)70-65(64-71)69(75)66(72)60-56-52-48-44-40-16-14-12-10-8-6-4-2/h11,13,17,34,65-66,69,71-72,75H,3-10,12,14-16,18-33,35-64H2,1-2H3,(H,70,73)/b13-11-,34-17-/t65-,66+,69-/m0/s1. The van der Waals surface area contributed by atoms with Crippen molar-refractivity contribution in [1.82, 2.24) is 5.32 Å². The first-order chi connectivity index (χ1) is 37.5. The minimum Gasteiger partial charge on any atom is -0.466 e. The first kappa shape index (κ1) is 74.3. The van der Waals surface area contributed by atoms with Crippen LogP contribution in [0.5, 0.6) is 0 Å². The Hall–Kier alpha value is -1.70. The van der Waals surface area contributed by atoms with E-state index in [1.54, 1.807) is 0 Å². The molecule has 0 aromatic carbocycles. The number of carbonyl (C=O) groups excluding carboxylic acids is 2. The highest BCUT2D eigenvalue weighted by molar-refractivity contribution is 5.76. The van der Waals surface area contributed by atoms with Gasteiger partial charge in [0.1, 0.15) is 6.10 Å². The van der Waals surface area contributed by atoms with E-state index in [9.17, 15) is 24.9 Å². The zero-order chi connectivity index (χ0) is 55.1. The molecule has 0 rings (SSSR count). The van der Waals surface area contributed by atoms with Crippen LogP contribution in [-0.4, -0.2) is 58.7 Å². The van der Waals surface area contributed by atoms with Gasteiger partial charge in [-0.3, -0.25) is 9.59 Å². The first-order valence-electron chi connectivity index (χ1n) is 34.2. The third-order valence-electron chi connectivity index (χ3n) is 16.1. The second-order valence-corrected chi connectivity index (χ2v) is 23.7. The number of esters is 1. The Bertz CT molecular complexity index is 1210. The lowest BCUT2D eigenvalue weighted by molar-refractivity contribution is -0.143. The molecule has 7 nitrogen and oxygen atoms in total. The van der Waals surface area contributed by atoms with E-state index in [0.29, 0.717) is 25.9 Å². The summed E-state index contributed by atoms with van der Waals surface area (Å²) in [5.41, 5.74) is 0. The molecule has 0 fully saturated rings. The molecule has 0 aliphatic heterocycles. The van der Waals surface area contributed by atoms with Gasteiger partial charge in [-0.15, -0.1) is 0 Å². The molecule has 0 aromatic heterocycles. The Balaban J connectivity index is 3.36. The quantitative estimate of drug-likeness (QED) is 0.0274. The van der Waals surface area contributed by atoms with E-state index in [1.165, 1.54) is 276 Å². The largest absolute Gasteiger partial charge is 0.466 e. The van der Waals surface area contributed by atoms with Gasteiger partial charge in [-0.05, 0) is 57.8 Å². The van der Waals surface area contributed by atoms with Crippen LogP contribution in [0.2, 0.25) is 0 Å². The predicted molar refractivity (Wildman–Crippen MR) is 330 cm³/mol. The molecule has 0 spiro atoms. The molecule has 4 N–H and O–H groups in total. The van der Waals surface area contributed by atoms with E-state index < -0.39 is 18.2 Å². The zero-order valence-corrected chi connectivity index (χ0v) is 51.1. The molecule has 0 saturated heterocycles. The number of ether oxygens (including phenoxy) is 1. The van der Waals surface area contributed by atoms with Gasteiger partial charge >= 0.3 is 5.97 Å². The molecule has 0 bridgehead atoms. The van der Waals surface area contributed by atoms with Crippen molar-refractivity contribution in [2.24, 2.45) is 0 Å². The topological polar surface area (TPSA) is 116 Å². The van der Waals surface area contributed by atoms with E-state index in [0.717, 1.165) is 64.2 Å². The Kier molecular flexibility index (Phi) is 62.7. The van der Waals surface area contributed by atoms with Crippen molar-refractivity contribution in [1.29, 1.82) is 0 Å². The molecule has 0 heterocycles. The third-order valence-corrected chi connectivity index (χ3v) is 16.1. The van der Waals surface area contributed by atoms with Crippen LogP contribution in [0.25, 0.3) is 0 Å². The van der Waals surface area contributed by atoms with Crippen LogP contribution in [0.3, 0.4) is 0 Å². The zero-order valence-electron chi connectivity index (χ0n) is 51.1. The highest BCUT2D eigenvalue weighted by Crippen LogP contribution is 2.19. The Labute approximate surface area is 474 Å². The van der Waals surface area contributed by atoms with Gasteiger partial charge in [-0.1, -0.05) is 327 Å². The second-order valence-electron chi connectivity index (χ2n) is 23.7. The maximum atomic E-state index is 12.5. The molecule has 7 heteroatoms. The number of hydrogen-bond donors (Lipinski definition) is 4. The number of aliphatic hydroxyl groups is 3. The van der Waals surface area contributed by atoms with Crippen LogP contribution in [0.4, 0.5) is 0 Å². The summed E-state index contributed by atoms with van der Waals surface area (Å²) >= 11 is 0. The predicted octanol–water partition coefficient (Wildman–Crippen LogP) is 20.7. The molecule has 0 unspecified atom stereocenters. The molecule has 76 heavy (non-hydrogen) atoms. The van der Waals surface area contributed by atoms with Crippen molar-refractivity contribution in [3.8, 4) is 0 Å². The summed E-state index contributed by atoms with van der Waals surface area (Å²) in [6, 6.07) is -0.810. The summed E-state index contributed by atoms with van der Waals surface area (Å²) in [6.07, 6.45) is 76.8. The maximum Gasteiger partial charge on any atom is 0.305 e. The highest BCUT2D eigenvalue weighted by Gasteiger charge is 2.27. The normalized spacial score (nSPS) is 13.1. The maximum absolute atomic E-state index is 12.5. The van der Waals surface area contributed by atoms with Gasteiger partial charge in [0.2, 0.25) is 5.91 Å². The molecular weight excluding hydrogens is 939 g/mol. The van der Waals surface area contributed by atoms with Crippen molar-refractivity contribution < 1.29 is 29.6 Å². The number of rotatable bonds is 64. The van der Waals surface area contributed by atoms with Gasteiger partial charge in [-0.25, -0.2) is 0 Å². The van der Waals surface area contributed by atoms with Gasteiger partial charge in [-0.2, -0.15) is 0 Å². The summed E-state index contributed by atoms with van der Waals surface area (Å²) in [6.45, 7) is 4.76. The Morgan fingerprint density at radius 3 is 1.07 bits per heavy atom. The second kappa shape index (κ2) is 64.1. The molecule has 0 saturated carbocycles. The number of aliphatic hydroxyl groups excluding tert-OH is 3. The van der Waals surface area contributed by atoms with Crippen LogP contribution in [-0.2, 0) is 14.3 Å². The first-order valence-corrected chi connectivity index (χ1v) is 34.2. The fraction of sp³-hybridized carbons (Fsp3) is 0.913. The molecule has 0 aliphatic rings. The van der Waals surface area contributed by atoms with Crippen molar-refractivity contribution in [2.75, 3.05) is 13.2 Å². The fourth-order valence-corrected chi connectivity index (χ4v) is 10.8. The van der Waals surface area contributed by atoms with Crippen molar-refractivity contribution in [3.05, 3.63) is 24.3 Å². The molecule has 1 amide bonds. The van der Waals surface area contributed by atoms with Gasteiger partial charge in [0.15, 0.2) is 0 Å². The summed E-state index contributed by atoms with van der Waals surface area (Å²) in [5, 5.41) is 33.7. The number of unbranched alkanes of at least 4 members (excludes halogenated alkanes) is 48. The minimum atomic E-state index is -1.14. The van der Waals surface area contributed by atoms with Gasteiger partial charge in [0.05, 0.1) is 25.4 Å². The van der Waals surface area contributed by atoms with Crippen molar-refractivity contribution >= 4 is 11.9 Å². The van der Waals surface area contributed by atoms with Crippen molar-refractivity contribution in [3.63, 3.8) is 0 Å². The van der Waals surface area contributed by atoms with Gasteiger partial charge in [0.25, 0.3) is 0 Å². The average molecular weight is 1070 g/mol.